The fourth-order valence-electron chi connectivity index (χ4n) is 2.93. The first-order chi connectivity index (χ1) is 14.6. The van der Waals surface area contributed by atoms with Gasteiger partial charge in [0.2, 0.25) is 20.0 Å². The van der Waals surface area contributed by atoms with E-state index < -0.39 is 25.9 Å². The van der Waals surface area contributed by atoms with Crippen LogP contribution in [0.1, 0.15) is 11.1 Å². The van der Waals surface area contributed by atoms with Crippen LogP contribution in [0.25, 0.3) is 0 Å². The molecule has 0 atom stereocenters. The number of primary sulfonamides is 1. The zero-order chi connectivity index (χ0) is 22.6. The Morgan fingerprint density at radius 1 is 0.839 bits per heavy atom. The van der Waals surface area contributed by atoms with Crippen LogP contribution in [0, 0.1) is 5.82 Å². The lowest BCUT2D eigenvalue weighted by atomic mass is 10.2. The van der Waals surface area contributed by atoms with Crippen LogP contribution in [-0.2, 0) is 33.1 Å². The standard InChI is InChI=1S/C21H21FN2O5S2/c1-29-18-8-6-16(7-9-18)14-24(15-17-4-2-3-5-21(17)22)31(27,28)20-12-10-19(11-13-20)30(23,25)26/h2-13H,14-15H2,1H3,(H2,23,25,26). The van der Waals surface area contributed by atoms with Crippen LogP contribution in [0.3, 0.4) is 0 Å². The Labute approximate surface area is 181 Å². The van der Waals surface area contributed by atoms with Gasteiger partial charge in [-0.15, -0.1) is 0 Å². The predicted molar refractivity (Wildman–Crippen MR) is 114 cm³/mol. The maximum Gasteiger partial charge on any atom is 0.243 e. The second kappa shape index (κ2) is 9.15. The SMILES string of the molecule is COc1ccc(CN(Cc2ccccc2F)S(=O)(=O)c2ccc(S(N)(=O)=O)cc2)cc1. The first-order valence-corrected chi connectivity index (χ1v) is 12.1. The minimum Gasteiger partial charge on any atom is -0.497 e. The molecule has 0 radical (unpaired) electrons. The largest absolute Gasteiger partial charge is 0.497 e. The van der Waals surface area contributed by atoms with Gasteiger partial charge in [-0.2, -0.15) is 4.31 Å². The molecule has 3 aromatic carbocycles. The molecule has 0 aliphatic heterocycles. The summed E-state index contributed by atoms with van der Waals surface area (Å²) in [5.41, 5.74) is 0.877. The average Bonchev–Trinajstić information content (AvgIpc) is 2.74. The van der Waals surface area contributed by atoms with Crippen molar-refractivity contribution in [2.75, 3.05) is 7.11 Å². The number of sulfonamides is 2. The molecule has 164 valence electrons. The van der Waals surface area contributed by atoms with E-state index in [0.717, 1.165) is 28.6 Å². The second-order valence-electron chi connectivity index (χ2n) is 6.73. The molecule has 31 heavy (non-hydrogen) atoms. The molecule has 0 amide bonds. The molecule has 3 rings (SSSR count). The van der Waals surface area contributed by atoms with Gasteiger partial charge in [-0.3, -0.25) is 0 Å². The number of hydrogen-bond donors (Lipinski definition) is 1. The fourth-order valence-corrected chi connectivity index (χ4v) is 4.85. The molecule has 7 nitrogen and oxygen atoms in total. The van der Waals surface area contributed by atoms with Crippen LogP contribution in [0.5, 0.6) is 5.75 Å². The van der Waals surface area contributed by atoms with Gasteiger partial charge in [0.05, 0.1) is 16.9 Å². The number of nitrogens with zero attached hydrogens (tertiary/aromatic N) is 1. The fraction of sp³-hybridized carbons (Fsp3) is 0.143. The summed E-state index contributed by atoms with van der Waals surface area (Å²) >= 11 is 0. The van der Waals surface area contributed by atoms with E-state index in [4.69, 9.17) is 9.88 Å². The average molecular weight is 465 g/mol. The van der Waals surface area contributed by atoms with Gasteiger partial charge in [0.1, 0.15) is 11.6 Å². The zero-order valence-electron chi connectivity index (χ0n) is 16.6. The predicted octanol–water partition coefficient (Wildman–Crippen LogP) is 2.87. The van der Waals surface area contributed by atoms with E-state index >= 15 is 0 Å². The summed E-state index contributed by atoms with van der Waals surface area (Å²) in [5.74, 6) is 0.0906. The van der Waals surface area contributed by atoms with Gasteiger partial charge in [-0.05, 0) is 48.0 Å². The molecule has 0 spiro atoms. The Balaban J connectivity index is 1.99. The number of nitrogens with two attached hydrogens (primary N) is 1. The summed E-state index contributed by atoms with van der Waals surface area (Å²) in [6.07, 6.45) is 0. The summed E-state index contributed by atoms with van der Waals surface area (Å²) in [6.45, 7) is -0.241. The molecular weight excluding hydrogens is 443 g/mol. The van der Waals surface area contributed by atoms with Crippen LogP contribution in [0.2, 0.25) is 0 Å². The van der Waals surface area contributed by atoms with Crippen LogP contribution in [0.4, 0.5) is 4.39 Å². The first-order valence-electron chi connectivity index (χ1n) is 9.10. The van der Waals surface area contributed by atoms with Gasteiger partial charge in [-0.25, -0.2) is 26.4 Å². The van der Waals surface area contributed by atoms with Gasteiger partial charge in [0, 0.05) is 18.7 Å². The van der Waals surface area contributed by atoms with E-state index in [-0.39, 0.29) is 28.4 Å². The molecule has 0 fully saturated rings. The van der Waals surface area contributed by atoms with E-state index in [1.54, 1.807) is 30.3 Å². The molecule has 0 saturated heterocycles. The highest BCUT2D eigenvalue weighted by molar-refractivity contribution is 7.89. The Bertz CT molecular complexity index is 1260. The third-order valence-electron chi connectivity index (χ3n) is 4.61. The van der Waals surface area contributed by atoms with E-state index in [1.807, 2.05) is 0 Å². The molecule has 3 aromatic rings. The molecule has 0 bridgehead atoms. The van der Waals surface area contributed by atoms with Crippen LogP contribution in [-0.4, -0.2) is 28.3 Å². The summed E-state index contributed by atoms with van der Waals surface area (Å²) in [5, 5.41) is 5.08. The Hall–Kier alpha value is -2.79. The van der Waals surface area contributed by atoms with Gasteiger partial charge in [-0.1, -0.05) is 30.3 Å². The van der Waals surface area contributed by atoms with Crippen molar-refractivity contribution in [1.82, 2.24) is 4.31 Å². The lowest BCUT2D eigenvalue weighted by molar-refractivity contribution is 0.392. The minimum absolute atomic E-state index is 0.0302. The van der Waals surface area contributed by atoms with Crippen LogP contribution in [0.15, 0.2) is 82.6 Å². The topological polar surface area (TPSA) is 107 Å². The lowest BCUT2D eigenvalue weighted by Gasteiger charge is -2.23. The highest BCUT2D eigenvalue weighted by atomic mass is 32.2. The van der Waals surface area contributed by atoms with Crippen LogP contribution < -0.4 is 9.88 Å². The van der Waals surface area contributed by atoms with Crippen molar-refractivity contribution < 1.29 is 26.0 Å². The summed E-state index contributed by atoms with van der Waals surface area (Å²) < 4.78 is 70.1. The molecule has 0 aliphatic rings. The van der Waals surface area contributed by atoms with Crippen LogP contribution >= 0.6 is 0 Å². The molecule has 10 heteroatoms. The van der Waals surface area contributed by atoms with Gasteiger partial charge < -0.3 is 4.74 Å². The number of rotatable bonds is 8. The van der Waals surface area contributed by atoms with E-state index in [0.29, 0.717) is 11.3 Å². The molecule has 2 N–H and O–H groups in total. The normalized spacial score (nSPS) is 12.1. The Morgan fingerprint density at radius 3 is 1.97 bits per heavy atom. The maximum absolute atomic E-state index is 14.2. The van der Waals surface area contributed by atoms with E-state index in [1.165, 1.54) is 25.3 Å². The highest BCUT2D eigenvalue weighted by Crippen LogP contribution is 2.24. The molecular formula is C21H21FN2O5S2. The molecule has 0 aliphatic carbocycles. The number of hydrogen-bond acceptors (Lipinski definition) is 5. The third-order valence-corrected chi connectivity index (χ3v) is 7.35. The number of methoxy groups -OCH3 is 1. The quantitative estimate of drug-likeness (QED) is 0.552. The zero-order valence-corrected chi connectivity index (χ0v) is 18.2. The lowest BCUT2D eigenvalue weighted by Crippen LogP contribution is -2.30. The van der Waals surface area contributed by atoms with Crippen molar-refractivity contribution in [3.8, 4) is 5.75 Å². The number of ether oxygens (including phenoxy) is 1. The Kier molecular flexibility index (Phi) is 6.75. The van der Waals surface area contributed by atoms with E-state index in [9.17, 15) is 21.2 Å². The van der Waals surface area contributed by atoms with E-state index in [2.05, 4.69) is 0 Å². The molecule has 0 saturated carbocycles. The maximum atomic E-state index is 14.2. The third kappa shape index (κ3) is 5.47. The number of halogens is 1. The molecule has 0 heterocycles. The Morgan fingerprint density at radius 2 is 1.42 bits per heavy atom. The summed E-state index contributed by atoms with van der Waals surface area (Å²) in [7, 11) is -6.53. The first kappa shape index (κ1) is 22.9. The van der Waals surface area contributed by atoms with Crippen molar-refractivity contribution in [2.24, 2.45) is 5.14 Å². The monoisotopic (exact) mass is 464 g/mol. The van der Waals surface area contributed by atoms with Gasteiger partial charge in [0.25, 0.3) is 0 Å². The van der Waals surface area contributed by atoms with Crippen molar-refractivity contribution in [3.05, 3.63) is 89.7 Å². The summed E-state index contributed by atoms with van der Waals surface area (Å²) in [6, 6.07) is 17.3. The smallest absolute Gasteiger partial charge is 0.243 e. The van der Waals surface area contributed by atoms with Gasteiger partial charge >= 0.3 is 0 Å². The highest BCUT2D eigenvalue weighted by Gasteiger charge is 2.26. The summed E-state index contributed by atoms with van der Waals surface area (Å²) in [4.78, 5) is -0.341. The van der Waals surface area contributed by atoms with Crippen molar-refractivity contribution in [3.63, 3.8) is 0 Å². The second-order valence-corrected chi connectivity index (χ2v) is 10.2. The van der Waals surface area contributed by atoms with Crippen molar-refractivity contribution >= 4 is 20.0 Å². The van der Waals surface area contributed by atoms with Crippen molar-refractivity contribution in [2.45, 2.75) is 22.9 Å². The molecule has 0 aromatic heterocycles. The minimum atomic E-state index is -4.09. The van der Waals surface area contributed by atoms with Crippen molar-refractivity contribution in [1.29, 1.82) is 0 Å². The number of benzene rings is 3. The van der Waals surface area contributed by atoms with Gasteiger partial charge in [0.15, 0.2) is 0 Å². The molecule has 0 unspecified atom stereocenters.